The van der Waals surface area contributed by atoms with Crippen LogP contribution in [0.4, 0.5) is 5.13 Å². The highest BCUT2D eigenvalue weighted by Gasteiger charge is 2.26. The number of thiophene rings is 1. The van der Waals surface area contributed by atoms with Crippen LogP contribution in [-0.2, 0) is 0 Å². The molecular weight excluding hydrogens is 492 g/mol. The normalized spacial score (nSPS) is 11.4. The zero-order chi connectivity index (χ0) is 25.2. The van der Waals surface area contributed by atoms with E-state index in [1.54, 1.807) is 30.5 Å². The van der Waals surface area contributed by atoms with Gasteiger partial charge in [-0.15, -0.1) is 11.3 Å². The lowest BCUT2D eigenvalue weighted by molar-refractivity contribution is 0.0986. The topological polar surface area (TPSA) is 67.8 Å². The van der Waals surface area contributed by atoms with Crippen LogP contribution in [0.25, 0.3) is 31.7 Å². The summed E-state index contributed by atoms with van der Waals surface area (Å²) in [6.45, 7) is 1.15. The van der Waals surface area contributed by atoms with Crippen molar-refractivity contribution in [1.82, 2.24) is 14.9 Å². The number of likely N-dealkylation sites (N-methyl/N-ethyl adjacent to an activating group) is 1. The third-order valence-electron chi connectivity index (χ3n) is 5.87. The highest BCUT2D eigenvalue weighted by atomic mass is 32.1. The molecule has 184 valence electrons. The average Bonchev–Trinajstić information content (AvgIpc) is 3.58. The Morgan fingerprint density at radius 3 is 2.44 bits per heavy atom. The number of hydrogen-bond donors (Lipinski definition) is 0. The molecule has 0 saturated heterocycles. The second kappa shape index (κ2) is 10.2. The Bertz CT molecular complexity index is 1490. The maximum absolute atomic E-state index is 14.3. The van der Waals surface area contributed by atoms with Crippen LogP contribution >= 0.6 is 22.7 Å². The second-order valence-corrected chi connectivity index (χ2v) is 10.4. The fraction of sp³-hybridized carbons (Fsp3) is 0.222. The molecule has 0 aliphatic heterocycles. The number of thiazole rings is 1. The van der Waals surface area contributed by atoms with Crippen molar-refractivity contribution in [3.63, 3.8) is 0 Å². The number of ether oxygens (including phenoxy) is 2. The number of pyridine rings is 1. The summed E-state index contributed by atoms with van der Waals surface area (Å²) >= 11 is 3.03. The maximum atomic E-state index is 14.3. The zero-order valence-corrected chi connectivity index (χ0v) is 22.2. The molecule has 0 unspecified atom stereocenters. The minimum atomic E-state index is -0.120. The van der Waals surface area contributed by atoms with Crippen molar-refractivity contribution >= 4 is 54.8 Å². The number of anilines is 1. The van der Waals surface area contributed by atoms with Crippen LogP contribution in [0.5, 0.6) is 11.5 Å². The van der Waals surface area contributed by atoms with Gasteiger partial charge in [0.05, 0.1) is 35.9 Å². The molecule has 0 aliphatic carbocycles. The number of amides is 1. The van der Waals surface area contributed by atoms with E-state index in [0.717, 1.165) is 26.2 Å². The molecule has 3 heterocycles. The predicted octanol–water partition coefficient (Wildman–Crippen LogP) is 5.80. The van der Waals surface area contributed by atoms with Gasteiger partial charge >= 0.3 is 0 Å². The number of carbonyl (C=O) groups is 1. The van der Waals surface area contributed by atoms with E-state index >= 15 is 0 Å². The molecule has 1 amide bonds. The van der Waals surface area contributed by atoms with E-state index in [1.165, 1.54) is 11.3 Å². The first-order valence-electron chi connectivity index (χ1n) is 11.4. The van der Waals surface area contributed by atoms with Crippen LogP contribution in [0.15, 0.2) is 60.0 Å². The average molecular weight is 519 g/mol. The molecule has 0 aliphatic rings. The van der Waals surface area contributed by atoms with Gasteiger partial charge < -0.3 is 14.4 Å². The van der Waals surface area contributed by atoms with Crippen molar-refractivity contribution in [3.8, 4) is 22.1 Å². The summed E-state index contributed by atoms with van der Waals surface area (Å²) in [5.74, 6) is 1.22. The summed E-state index contributed by atoms with van der Waals surface area (Å²) in [4.78, 5) is 28.8. The molecule has 0 atom stereocenters. The summed E-state index contributed by atoms with van der Waals surface area (Å²) in [6.07, 6.45) is 0. The summed E-state index contributed by atoms with van der Waals surface area (Å²) in [7, 11) is 7.23. The quantitative estimate of drug-likeness (QED) is 0.259. The van der Waals surface area contributed by atoms with E-state index < -0.39 is 0 Å². The first kappa shape index (κ1) is 24.2. The third-order valence-corrected chi connectivity index (χ3v) is 7.85. The highest BCUT2D eigenvalue weighted by Crippen LogP contribution is 2.40. The minimum Gasteiger partial charge on any atom is -0.495 e. The Labute approximate surface area is 217 Å². The van der Waals surface area contributed by atoms with E-state index in [4.69, 9.17) is 19.4 Å². The molecule has 9 heteroatoms. The molecular formula is C27H26N4O3S2. The fourth-order valence-electron chi connectivity index (χ4n) is 4.02. The number of carbonyl (C=O) groups excluding carboxylic acids is 1. The monoisotopic (exact) mass is 518 g/mol. The zero-order valence-electron chi connectivity index (χ0n) is 20.5. The number of benzene rings is 2. The van der Waals surface area contributed by atoms with Crippen LogP contribution in [0.3, 0.4) is 0 Å². The molecule has 7 nitrogen and oxygen atoms in total. The molecule has 2 aromatic carbocycles. The third kappa shape index (κ3) is 4.53. The van der Waals surface area contributed by atoms with Gasteiger partial charge in [0.25, 0.3) is 5.91 Å². The molecule has 0 N–H and O–H groups in total. The molecule has 5 aromatic rings. The summed E-state index contributed by atoms with van der Waals surface area (Å²) in [5.41, 5.74) is 2.85. The van der Waals surface area contributed by atoms with E-state index in [2.05, 4.69) is 4.90 Å². The van der Waals surface area contributed by atoms with Crippen molar-refractivity contribution in [2.24, 2.45) is 0 Å². The lowest BCUT2D eigenvalue weighted by Gasteiger charge is -2.23. The van der Waals surface area contributed by atoms with Crippen molar-refractivity contribution in [2.75, 3.05) is 46.3 Å². The van der Waals surface area contributed by atoms with Gasteiger partial charge in [-0.2, -0.15) is 0 Å². The Hall–Kier alpha value is -3.53. The van der Waals surface area contributed by atoms with Crippen LogP contribution in [0, 0.1) is 0 Å². The number of aromatic nitrogens is 2. The summed E-state index contributed by atoms with van der Waals surface area (Å²) in [6, 6.07) is 17.4. The standard InChI is InChI=1S/C27H26N4O3S2/c1-30(2)13-14-31(27-29-24-21(33-3)11-12-22(34-4)25(24)36-27)26(32)18-16-20(23-10-7-15-35-23)28-19-9-6-5-8-17(18)19/h5-12,15-16H,13-14H2,1-4H3. The Morgan fingerprint density at radius 2 is 1.72 bits per heavy atom. The molecule has 36 heavy (non-hydrogen) atoms. The smallest absolute Gasteiger partial charge is 0.260 e. The van der Waals surface area contributed by atoms with Crippen molar-refractivity contribution in [1.29, 1.82) is 0 Å². The van der Waals surface area contributed by atoms with E-state index in [1.807, 2.05) is 74.1 Å². The van der Waals surface area contributed by atoms with Gasteiger partial charge in [-0.25, -0.2) is 9.97 Å². The van der Waals surface area contributed by atoms with Gasteiger partial charge in [0.15, 0.2) is 5.13 Å². The number of rotatable bonds is 8. The maximum Gasteiger partial charge on any atom is 0.260 e. The first-order chi connectivity index (χ1) is 17.5. The van der Waals surface area contributed by atoms with Crippen molar-refractivity contribution in [2.45, 2.75) is 0 Å². The second-order valence-electron chi connectivity index (χ2n) is 8.45. The van der Waals surface area contributed by atoms with Crippen molar-refractivity contribution < 1.29 is 14.3 Å². The predicted molar refractivity (Wildman–Crippen MR) is 148 cm³/mol. The van der Waals surface area contributed by atoms with Gasteiger partial charge in [-0.1, -0.05) is 35.6 Å². The molecule has 0 saturated carbocycles. The van der Waals surface area contributed by atoms with E-state index in [-0.39, 0.29) is 5.91 Å². The van der Waals surface area contributed by atoms with Crippen LogP contribution < -0.4 is 14.4 Å². The Balaban J connectivity index is 1.67. The number of hydrogen-bond acceptors (Lipinski definition) is 8. The highest BCUT2D eigenvalue weighted by molar-refractivity contribution is 7.22. The van der Waals surface area contributed by atoms with Crippen LogP contribution in [0.2, 0.25) is 0 Å². The Morgan fingerprint density at radius 1 is 0.944 bits per heavy atom. The number of fused-ring (bicyclic) bond motifs is 2. The van der Waals surface area contributed by atoms with Crippen LogP contribution in [-0.4, -0.2) is 62.2 Å². The molecule has 0 spiro atoms. The lowest BCUT2D eigenvalue weighted by atomic mass is 10.1. The lowest BCUT2D eigenvalue weighted by Crippen LogP contribution is -2.37. The summed E-state index contributed by atoms with van der Waals surface area (Å²) in [5, 5.41) is 3.42. The van der Waals surface area contributed by atoms with Gasteiger partial charge in [0.1, 0.15) is 21.7 Å². The SMILES string of the molecule is COc1ccc(OC)c2sc(N(CCN(C)C)C(=O)c3cc(-c4cccs4)nc4ccccc34)nc12. The van der Waals surface area contributed by atoms with E-state index in [0.29, 0.717) is 40.8 Å². The minimum absolute atomic E-state index is 0.120. The number of methoxy groups -OCH3 is 2. The number of para-hydroxylation sites is 1. The number of nitrogens with zero attached hydrogens (tertiary/aromatic N) is 4. The molecule has 5 rings (SSSR count). The van der Waals surface area contributed by atoms with Gasteiger partial charge in [0.2, 0.25) is 0 Å². The van der Waals surface area contributed by atoms with Gasteiger partial charge in [-0.3, -0.25) is 9.69 Å². The Kier molecular flexibility index (Phi) is 6.86. The van der Waals surface area contributed by atoms with Gasteiger partial charge in [-0.05, 0) is 49.8 Å². The van der Waals surface area contributed by atoms with Gasteiger partial charge in [0, 0.05) is 18.5 Å². The molecule has 0 fully saturated rings. The first-order valence-corrected chi connectivity index (χ1v) is 13.1. The molecule has 0 radical (unpaired) electrons. The van der Waals surface area contributed by atoms with Crippen LogP contribution in [0.1, 0.15) is 10.4 Å². The van der Waals surface area contributed by atoms with E-state index in [9.17, 15) is 4.79 Å². The molecule has 0 bridgehead atoms. The van der Waals surface area contributed by atoms with Crippen molar-refractivity contribution in [3.05, 3.63) is 65.5 Å². The largest absolute Gasteiger partial charge is 0.495 e. The molecule has 3 aromatic heterocycles. The fourth-order valence-corrected chi connectivity index (χ4v) is 5.81. The summed E-state index contributed by atoms with van der Waals surface area (Å²) < 4.78 is 12.0.